The van der Waals surface area contributed by atoms with E-state index in [2.05, 4.69) is 16.8 Å². The number of fused-ring (bicyclic) bond motifs is 1. The van der Waals surface area contributed by atoms with Gasteiger partial charge in [-0.15, -0.1) is 11.3 Å². The van der Waals surface area contributed by atoms with Crippen molar-refractivity contribution in [2.45, 2.75) is 58.7 Å². The SMILES string of the molecule is CC(C)N(CC(=O)N1CCc2sccc2C1COc1ccc(Cl)cc1)C(=O)NC(C)(C)C. The van der Waals surface area contributed by atoms with Crippen molar-refractivity contribution < 1.29 is 14.3 Å². The molecule has 1 aliphatic rings. The van der Waals surface area contributed by atoms with Crippen LogP contribution in [0.15, 0.2) is 35.7 Å². The molecular weight excluding hydrogens is 446 g/mol. The molecule has 0 fully saturated rings. The first-order valence-electron chi connectivity index (χ1n) is 10.9. The van der Waals surface area contributed by atoms with Crippen molar-refractivity contribution in [1.29, 1.82) is 0 Å². The Kier molecular flexibility index (Phi) is 7.72. The van der Waals surface area contributed by atoms with Gasteiger partial charge < -0.3 is 19.9 Å². The van der Waals surface area contributed by atoms with Gasteiger partial charge in [-0.3, -0.25) is 4.79 Å². The van der Waals surface area contributed by atoms with Crippen LogP contribution < -0.4 is 10.1 Å². The number of ether oxygens (including phenoxy) is 1. The first-order chi connectivity index (χ1) is 15.0. The topological polar surface area (TPSA) is 61.9 Å². The van der Waals surface area contributed by atoms with Crippen molar-refractivity contribution >= 4 is 34.9 Å². The monoisotopic (exact) mass is 477 g/mol. The first kappa shape index (κ1) is 24.4. The van der Waals surface area contributed by atoms with Crippen LogP contribution in [0.4, 0.5) is 4.79 Å². The average Bonchev–Trinajstić information content (AvgIpc) is 3.18. The van der Waals surface area contributed by atoms with Gasteiger partial charge in [0.25, 0.3) is 0 Å². The Hall–Kier alpha value is -2.25. The molecule has 0 saturated carbocycles. The van der Waals surface area contributed by atoms with Crippen LogP contribution in [-0.2, 0) is 11.2 Å². The van der Waals surface area contributed by atoms with E-state index in [1.54, 1.807) is 28.4 Å². The molecule has 0 aliphatic carbocycles. The molecule has 3 amide bonds. The third-order valence-corrected chi connectivity index (χ3v) is 6.56. The highest BCUT2D eigenvalue weighted by molar-refractivity contribution is 7.10. The lowest BCUT2D eigenvalue weighted by Gasteiger charge is -2.38. The zero-order chi connectivity index (χ0) is 23.5. The number of nitrogens with one attached hydrogen (secondary N) is 1. The molecule has 1 aliphatic heterocycles. The third kappa shape index (κ3) is 6.17. The van der Waals surface area contributed by atoms with E-state index in [0.717, 1.165) is 12.0 Å². The van der Waals surface area contributed by atoms with E-state index in [9.17, 15) is 9.59 Å². The molecule has 1 N–H and O–H groups in total. The number of halogens is 1. The van der Waals surface area contributed by atoms with Gasteiger partial charge in [-0.2, -0.15) is 0 Å². The number of amides is 3. The molecule has 32 heavy (non-hydrogen) atoms. The zero-order valence-corrected chi connectivity index (χ0v) is 20.9. The van der Waals surface area contributed by atoms with Crippen molar-refractivity contribution in [1.82, 2.24) is 15.1 Å². The highest BCUT2D eigenvalue weighted by Crippen LogP contribution is 2.34. The maximum Gasteiger partial charge on any atom is 0.318 e. The van der Waals surface area contributed by atoms with Crippen molar-refractivity contribution in [3.05, 3.63) is 51.2 Å². The van der Waals surface area contributed by atoms with Gasteiger partial charge >= 0.3 is 6.03 Å². The number of urea groups is 1. The number of benzene rings is 1. The van der Waals surface area contributed by atoms with E-state index in [0.29, 0.717) is 23.9 Å². The van der Waals surface area contributed by atoms with Gasteiger partial charge in [-0.25, -0.2) is 4.79 Å². The number of hydrogen-bond acceptors (Lipinski definition) is 4. The lowest BCUT2D eigenvalue weighted by molar-refractivity contribution is -0.135. The second kappa shape index (κ2) is 10.1. The fraction of sp³-hybridized carbons (Fsp3) is 0.500. The van der Waals surface area contributed by atoms with E-state index in [1.807, 2.05) is 51.7 Å². The van der Waals surface area contributed by atoms with Crippen molar-refractivity contribution in [3.63, 3.8) is 0 Å². The zero-order valence-electron chi connectivity index (χ0n) is 19.4. The van der Waals surface area contributed by atoms with Gasteiger partial charge in [0, 0.05) is 28.0 Å². The number of rotatable bonds is 6. The molecule has 0 saturated heterocycles. The van der Waals surface area contributed by atoms with Gasteiger partial charge in [0.2, 0.25) is 5.91 Å². The lowest BCUT2D eigenvalue weighted by atomic mass is 10.0. The van der Waals surface area contributed by atoms with Crippen LogP contribution in [0.5, 0.6) is 5.75 Å². The van der Waals surface area contributed by atoms with Gasteiger partial charge in [-0.1, -0.05) is 11.6 Å². The van der Waals surface area contributed by atoms with Gasteiger partial charge in [0.15, 0.2) is 0 Å². The quantitative estimate of drug-likeness (QED) is 0.627. The maximum atomic E-state index is 13.4. The highest BCUT2D eigenvalue weighted by Gasteiger charge is 2.34. The van der Waals surface area contributed by atoms with Crippen LogP contribution >= 0.6 is 22.9 Å². The number of thiophene rings is 1. The normalized spacial score (nSPS) is 16.0. The second-order valence-corrected chi connectivity index (χ2v) is 10.8. The molecule has 1 aromatic carbocycles. The van der Waals surface area contributed by atoms with E-state index in [4.69, 9.17) is 16.3 Å². The van der Waals surface area contributed by atoms with Crippen molar-refractivity contribution in [2.24, 2.45) is 0 Å². The third-order valence-electron chi connectivity index (χ3n) is 5.31. The Morgan fingerprint density at radius 3 is 2.56 bits per heavy atom. The van der Waals surface area contributed by atoms with Crippen LogP contribution in [0.3, 0.4) is 0 Å². The molecule has 8 heteroatoms. The Morgan fingerprint density at radius 2 is 1.94 bits per heavy atom. The molecule has 1 atom stereocenters. The summed E-state index contributed by atoms with van der Waals surface area (Å²) < 4.78 is 6.03. The molecule has 2 heterocycles. The molecule has 2 aromatic rings. The summed E-state index contributed by atoms with van der Waals surface area (Å²) in [5, 5.41) is 5.67. The summed E-state index contributed by atoms with van der Waals surface area (Å²) in [5.74, 6) is 0.627. The van der Waals surface area contributed by atoms with Gasteiger partial charge in [0.05, 0.1) is 6.04 Å². The number of carbonyl (C=O) groups excluding carboxylic acids is 2. The maximum absolute atomic E-state index is 13.4. The molecule has 3 rings (SSSR count). The Bertz CT molecular complexity index is 937. The Labute approximate surface area is 199 Å². The minimum atomic E-state index is -0.376. The van der Waals surface area contributed by atoms with Crippen molar-refractivity contribution in [3.8, 4) is 5.75 Å². The van der Waals surface area contributed by atoms with Crippen LogP contribution in [0.2, 0.25) is 5.02 Å². The Morgan fingerprint density at radius 1 is 1.25 bits per heavy atom. The number of hydrogen-bond donors (Lipinski definition) is 1. The molecule has 1 aromatic heterocycles. The lowest BCUT2D eigenvalue weighted by Crippen LogP contribution is -2.54. The summed E-state index contributed by atoms with van der Waals surface area (Å²) in [5.41, 5.74) is 0.748. The molecule has 0 bridgehead atoms. The number of nitrogens with zero attached hydrogens (tertiary/aromatic N) is 2. The fourth-order valence-corrected chi connectivity index (χ4v) is 4.75. The summed E-state index contributed by atoms with van der Waals surface area (Å²) in [6.07, 6.45) is 0.812. The molecule has 6 nitrogen and oxygen atoms in total. The minimum absolute atomic E-state index is 0.0243. The molecule has 0 spiro atoms. The molecular formula is C24H32ClN3O3S. The first-order valence-corrected chi connectivity index (χ1v) is 12.1. The predicted molar refractivity (Wildman–Crippen MR) is 130 cm³/mol. The highest BCUT2D eigenvalue weighted by atomic mass is 35.5. The standard InChI is InChI=1S/C24H32ClN3O3S/c1-16(2)28(23(30)26-24(3,4)5)14-22(29)27-12-10-21-19(11-13-32-21)20(27)15-31-18-8-6-17(25)7-9-18/h6-9,11,13,16,20H,10,12,14-15H2,1-5H3,(H,26,30). The Balaban J connectivity index is 1.76. The number of carbonyl (C=O) groups is 2. The van der Waals surface area contributed by atoms with Crippen LogP contribution in [-0.4, -0.2) is 53.0 Å². The average molecular weight is 478 g/mol. The summed E-state index contributed by atoms with van der Waals surface area (Å²) in [7, 11) is 0. The van der Waals surface area contributed by atoms with Crippen LogP contribution in [0.25, 0.3) is 0 Å². The summed E-state index contributed by atoms with van der Waals surface area (Å²) in [6.45, 7) is 10.6. The minimum Gasteiger partial charge on any atom is -0.491 e. The molecule has 174 valence electrons. The summed E-state index contributed by atoms with van der Waals surface area (Å²) in [4.78, 5) is 30.9. The van der Waals surface area contributed by atoms with Gasteiger partial charge in [0.1, 0.15) is 18.9 Å². The van der Waals surface area contributed by atoms with Gasteiger partial charge in [-0.05, 0) is 82.3 Å². The summed E-state index contributed by atoms with van der Waals surface area (Å²) in [6, 6.07) is 8.74. The van der Waals surface area contributed by atoms with E-state index in [-0.39, 0.29) is 36.1 Å². The van der Waals surface area contributed by atoms with E-state index in [1.165, 1.54) is 4.88 Å². The van der Waals surface area contributed by atoms with Crippen LogP contribution in [0.1, 0.15) is 51.1 Å². The molecule has 0 radical (unpaired) electrons. The largest absolute Gasteiger partial charge is 0.491 e. The second-order valence-electron chi connectivity index (χ2n) is 9.32. The summed E-state index contributed by atoms with van der Waals surface area (Å²) >= 11 is 7.68. The van der Waals surface area contributed by atoms with E-state index < -0.39 is 0 Å². The van der Waals surface area contributed by atoms with E-state index >= 15 is 0 Å². The fourth-order valence-electron chi connectivity index (χ4n) is 3.70. The smallest absolute Gasteiger partial charge is 0.318 e. The molecule has 1 unspecified atom stereocenters. The van der Waals surface area contributed by atoms with Crippen molar-refractivity contribution in [2.75, 3.05) is 19.7 Å². The van der Waals surface area contributed by atoms with Crippen LogP contribution in [0, 0.1) is 0 Å². The predicted octanol–water partition coefficient (Wildman–Crippen LogP) is 5.12.